The number of methoxy groups -OCH3 is 1. The van der Waals surface area contributed by atoms with E-state index >= 15 is 4.79 Å². The molecule has 5 aromatic carbocycles. The number of aliphatic hydroxyl groups is 4. The van der Waals surface area contributed by atoms with Crippen LogP contribution >= 0.6 is 23.5 Å². The largest absolute Gasteiger partial charge is 0.504 e. The summed E-state index contributed by atoms with van der Waals surface area (Å²) in [5.41, 5.74) is 2.70. The van der Waals surface area contributed by atoms with Crippen LogP contribution in [0.5, 0.6) is 11.5 Å². The van der Waals surface area contributed by atoms with Gasteiger partial charge in [0.25, 0.3) is 0 Å². The first-order valence-corrected chi connectivity index (χ1v) is 21.1. The van der Waals surface area contributed by atoms with Crippen molar-refractivity contribution >= 4 is 84.2 Å². The SMILES string of the molecule is COc1c(O)c2c(=O)cc(CO)c3c4c(CO)cc(NCCSCCOCCO)c5c(=O)c(CCCSCCOCCO)c6c(c(c1C(C(C)=O)C(C)=C6)c23)c54. The van der Waals surface area contributed by atoms with Crippen LogP contribution in [0.3, 0.4) is 0 Å². The van der Waals surface area contributed by atoms with Gasteiger partial charge in [-0.05, 0) is 82.8 Å². The number of nitrogens with one attached hydrogen (secondary N) is 1. The molecule has 5 aromatic rings. The molecule has 6 N–H and O–H groups in total. The fraction of sp³-hybridized carbons (Fsp3) is 0.452. The number of ether oxygens (including phenoxy) is 3. The fourth-order valence-electron chi connectivity index (χ4n) is 8.28. The highest BCUT2D eigenvalue weighted by atomic mass is 32.2. The Morgan fingerprint density at radius 1 is 0.786 bits per heavy atom. The van der Waals surface area contributed by atoms with Gasteiger partial charge in [0.15, 0.2) is 22.4 Å². The summed E-state index contributed by atoms with van der Waals surface area (Å²) in [5.74, 6) is 1.31. The molecule has 1 unspecified atom stereocenters. The van der Waals surface area contributed by atoms with E-state index in [1.54, 1.807) is 29.6 Å². The summed E-state index contributed by atoms with van der Waals surface area (Å²) in [6.45, 7) is 4.26. The highest BCUT2D eigenvalue weighted by Crippen LogP contribution is 2.55. The standard InChI is InChI=1S/C42H49NO11S2/c1-22-17-27-26(5-4-13-55-15-11-53-9-7-44)40(50)34-28(43-6-14-56-16-12-54-10-8-45)18-24(20-46)31-32-25(21-47)19-29(49)35-37(32)38(33(27)36(31)34)39(30(22)23(2)48)42(52-3)41(35)51/h17-19,30,43-47,51H,4-16,20-21H2,1-3H3. The number of hydrogen-bond donors (Lipinski definition) is 6. The molecule has 0 spiro atoms. The highest BCUT2D eigenvalue weighted by molar-refractivity contribution is 7.99. The summed E-state index contributed by atoms with van der Waals surface area (Å²) in [4.78, 5) is 42.8. The second kappa shape index (κ2) is 18.7. The van der Waals surface area contributed by atoms with Crippen molar-refractivity contribution < 1.29 is 44.5 Å². The summed E-state index contributed by atoms with van der Waals surface area (Å²) >= 11 is 3.34. The predicted molar refractivity (Wildman–Crippen MR) is 226 cm³/mol. The summed E-state index contributed by atoms with van der Waals surface area (Å²) in [7, 11) is 1.38. The molecule has 0 radical (unpaired) electrons. The fourth-order valence-corrected chi connectivity index (χ4v) is 9.76. The number of Topliss-reactive ketones (excluding diaryl/α,β-unsaturated/α-hetero) is 1. The first kappa shape index (κ1) is 41.9. The van der Waals surface area contributed by atoms with Crippen LogP contribution < -0.4 is 20.9 Å². The third kappa shape index (κ3) is 7.65. The van der Waals surface area contributed by atoms with E-state index in [-0.39, 0.29) is 54.3 Å². The molecule has 14 heteroatoms. The van der Waals surface area contributed by atoms with Crippen LogP contribution in [0.25, 0.3) is 49.2 Å². The van der Waals surface area contributed by atoms with Gasteiger partial charge >= 0.3 is 0 Å². The number of benzene rings is 5. The lowest BCUT2D eigenvalue weighted by molar-refractivity contribution is -0.117. The minimum atomic E-state index is -0.894. The van der Waals surface area contributed by atoms with Gasteiger partial charge in [0.1, 0.15) is 5.78 Å². The maximum absolute atomic E-state index is 15.2. The first-order valence-electron chi connectivity index (χ1n) is 18.8. The smallest absolute Gasteiger partial charge is 0.192 e. The third-order valence-electron chi connectivity index (χ3n) is 10.4. The second-order valence-corrected chi connectivity index (χ2v) is 16.3. The van der Waals surface area contributed by atoms with Gasteiger partial charge in [0, 0.05) is 51.4 Å². The normalized spacial score (nSPS) is 14.1. The molecule has 0 aromatic heterocycles. The minimum Gasteiger partial charge on any atom is -0.504 e. The molecule has 0 saturated carbocycles. The summed E-state index contributed by atoms with van der Waals surface area (Å²) in [6, 6.07) is 3.04. The molecule has 6 rings (SSSR count). The number of allylic oxidation sites excluding steroid dienone is 1. The molecule has 0 bridgehead atoms. The number of carbonyl (C=O) groups is 1. The van der Waals surface area contributed by atoms with Gasteiger partial charge in [-0.2, -0.15) is 23.5 Å². The zero-order valence-electron chi connectivity index (χ0n) is 31.9. The number of aliphatic hydroxyl groups excluding tert-OH is 4. The average Bonchev–Trinajstić information content (AvgIpc) is 3.31. The number of phenolic OH excluding ortho intramolecular Hbond substituents is 1. The van der Waals surface area contributed by atoms with E-state index in [4.69, 9.17) is 24.4 Å². The van der Waals surface area contributed by atoms with Gasteiger partial charge in [-0.1, -0.05) is 11.6 Å². The van der Waals surface area contributed by atoms with Crippen LogP contribution in [0, 0.1) is 0 Å². The maximum Gasteiger partial charge on any atom is 0.192 e. The molecule has 1 aliphatic carbocycles. The Labute approximate surface area is 332 Å². The number of carbonyl (C=O) groups excluding carboxylic acids is 1. The number of rotatable bonds is 22. The zero-order valence-corrected chi connectivity index (χ0v) is 33.6. The quantitative estimate of drug-likeness (QED) is 0.0325. The van der Waals surface area contributed by atoms with E-state index in [0.29, 0.717) is 115 Å². The summed E-state index contributed by atoms with van der Waals surface area (Å²) < 4.78 is 16.7. The number of phenols is 1. The highest BCUT2D eigenvalue weighted by Gasteiger charge is 2.36. The van der Waals surface area contributed by atoms with Crippen LogP contribution in [0.1, 0.15) is 54.0 Å². The molecule has 0 heterocycles. The van der Waals surface area contributed by atoms with Crippen molar-refractivity contribution in [1.29, 1.82) is 0 Å². The molecular formula is C42H49NO11S2. The Kier molecular flexibility index (Phi) is 14.0. The van der Waals surface area contributed by atoms with Gasteiger partial charge in [0.05, 0.1) is 76.7 Å². The average molecular weight is 808 g/mol. The Morgan fingerprint density at radius 2 is 1.41 bits per heavy atom. The van der Waals surface area contributed by atoms with Gasteiger partial charge < -0.3 is 45.1 Å². The topological polar surface area (TPSA) is 192 Å². The molecule has 0 fully saturated rings. The van der Waals surface area contributed by atoms with Crippen molar-refractivity contribution in [3.8, 4) is 11.5 Å². The molecular weight excluding hydrogens is 759 g/mol. The monoisotopic (exact) mass is 807 g/mol. The molecule has 0 aliphatic heterocycles. The third-order valence-corrected chi connectivity index (χ3v) is 12.4. The Bertz CT molecular complexity index is 2380. The van der Waals surface area contributed by atoms with Crippen LogP contribution in [0.2, 0.25) is 0 Å². The molecule has 12 nitrogen and oxygen atoms in total. The van der Waals surface area contributed by atoms with Crippen LogP contribution in [0.15, 0.2) is 27.3 Å². The van der Waals surface area contributed by atoms with Gasteiger partial charge in [-0.3, -0.25) is 14.4 Å². The van der Waals surface area contributed by atoms with Crippen molar-refractivity contribution in [2.24, 2.45) is 0 Å². The van der Waals surface area contributed by atoms with E-state index < -0.39 is 30.3 Å². The Balaban J connectivity index is 1.69. The van der Waals surface area contributed by atoms with Gasteiger partial charge in [-0.15, -0.1) is 0 Å². The lowest BCUT2D eigenvalue weighted by atomic mass is 9.78. The second-order valence-electron chi connectivity index (χ2n) is 13.8. The van der Waals surface area contributed by atoms with E-state index in [1.165, 1.54) is 20.1 Å². The van der Waals surface area contributed by atoms with E-state index in [1.807, 2.05) is 13.0 Å². The maximum atomic E-state index is 15.2. The van der Waals surface area contributed by atoms with E-state index in [0.717, 1.165) is 11.5 Å². The number of ketones is 1. The van der Waals surface area contributed by atoms with Crippen molar-refractivity contribution in [1.82, 2.24) is 0 Å². The molecule has 1 atom stereocenters. The van der Waals surface area contributed by atoms with Crippen LogP contribution in [-0.2, 0) is 33.9 Å². The molecule has 300 valence electrons. The minimum absolute atomic E-state index is 0.00563. The summed E-state index contributed by atoms with van der Waals surface area (Å²) in [5, 5.41) is 58.4. The van der Waals surface area contributed by atoms with Crippen molar-refractivity contribution in [2.75, 3.05) is 81.6 Å². The first-order chi connectivity index (χ1) is 27.2. The number of anilines is 1. The van der Waals surface area contributed by atoms with E-state index in [2.05, 4.69) is 5.32 Å². The lowest BCUT2D eigenvalue weighted by Gasteiger charge is -2.26. The molecule has 56 heavy (non-hydrogen) atoms. The number of thioether (sulfide) groups is 2. The van der Waals surface area contributed by atoms with Gasteiger partial charge in [0.2, 0.25) is 0 Å². The van der Waals surface area contributed by atoms with Crippen molar-refractivity contribution in [2.45, 2.75) is 45.8 Å². The lowest BCUT2D eigenvalue weighted by Crippen LogP contribution is -2.17. The zero-order chi connectivity index (χ0) is 40.1. The van der Waals surface area contributed by atoms with Crippen LogP contribution in [0.4, 0.5) is 5.69 Å². The predicted octanol–water partition coefficient (Wildman–Crippen LogP) is 4.51. The number of hydrogen-bond acceptors (Lipinski definition) is 14. The Hall–Kier alpha value is -3.73. The molecule has 0 amide bonds. The van der Waals surface area contributed by atoms with Crippen molar-refractivity contribution in [3.05, 3.63) is 66.0 Å². The number of fused-ring (bicyclic) bond motifs is 1. The van der Waals surface area contributed by atoms with Gasteiger partial charge in [-0.25, -0.2) is 0 Å². The number of aromatic hydroxyl groups is 1. The molecule has 1 aliphatic rings. The van der Waals surface area contributed by atoms with Crippen LogP contribution in [-0.4, -0.2) is 108 Å². The van der Waals surface area contributed by atoms with Crippen molar-refractivity contribution in [3.63, 3.8) is 0 Å². The van der Waals surface area contributed by atoms with E-state index in [9.17, 15) is 24.9 Å². The summed E-state index contributed by atoms with van der Waals surface area (Å²) in [6.07, 6.45) is 2.93. The molecule has 0 saturated heterocycles. The Morgan fingerprint density at radius 3 is 2.02 bits per heavy atom.